The van der Waals surface area contributed by atoms with Crippen LogP contribution in [0.15, 0.2) is 28.8 Å². The van der Waals surface area contributed by atoms with Gasteiger partial charge in [-0.05, 0) is 44.0 Å². The largest absolute Gasteiger partial charge is 0.485 e. The van der Waals surface area contributed by atoms with Gasteiger partial charge in [-0.25, -0.2) is 0 Å². The Kier molecular flexibility index (Phi) is 4.06. The second kappa shape index (κ2) is 6.15. The fraction of sp³-hybridized carbons (Fsp3) is 0.400. The summed E-state index contributed by atoms with van der Waals surface area (Å²) in [5.74, 6) is 2.11. The van der Waals surface area contributed by atoms with E-state index in [-0.39, 0.29) is 12.5 Å². The average molecular weight is 302 g/mol. The number of hydrogen-bond donors (Lipinski definition) is 2. The Morgan fingerprint density at radius 2 is 2.18 bits per heavy atom. The van der Waals surface area contributed by atoms with Gasteiger partial charge in [0.15, 0.2) is 6.61 Å². The number of carbonyl (C=O) groups is 1. The molecule has 0 saturated heterocycles. The number of hydrogen-bond acceptors (Lipinski definition) is 6. The monoisotopic (exact) mass is 302 g/mol. The highest BCUT2D eigenvalue weighted by Gasteiger charge is 2.29. The van der Waals surface area contributed by atoms with Crippen molar-refractivity contribution in [1.29, 1.82) is 0 Å². The van der Waals surface area contributed by atoms with E-state index < -0.39 is 6.04 Å². The van der Waals surface area contributed by atoms with Gasteiger partial charge in [0.2, 0.25) is 17.6 Å². The van der Waals surface area contributed by atoms with Crippen LogP contribution in [-0.4, -0.2) is 22.1 Å². The number of nitrogens with zero attached hydrogens (tertiary/aromatic N) is 2. The summed E-state index contributed by atoms with van der Waals surface area (Å²) in [7, 11) is 0. The molecule has 22 heavy (non-hydrogen) atoms. The first-order chi connectivity index (χ1) is 10.6. The molecule has 1 amide bonds. The third-order valence-corrected chi connectivity index (χ3v) is 3.31. The zero-order chi connectivity index (χ0) is 15.5. The summed E-state index contributed by atoms with van der Waals surface area (Å²) in [5.41, 5.74) is 6.17. The first kappa shape index (κ1) is 14.5. The molecule has 3 N–H and O–H groups in total. The SMILES string of the molecule is C[C@H](N)C(=O)Nc1ccc(OCc2noc(C3CC3)n2)cc1. The summed E-state index contributed by atoms with van der Waals surface area (Å²) in [6.45, 7) is 1.88. The number of ether oxygens (including phenoxy) is 1. The van der Waals surface area contributed by atoms with Crippen LogP contribution in [0.2, 0.25) is 0 Å². The lowest BCUT2D eigenvalue weighted by Crippen LogP contribution is -2.32. The predicted octanol–water partition coefficient (Wildman–Crippen LogP) is 1.81. The number of rotatable bonds is 6. The second-order valence-electron chi connectivity index (χ2n) is 5.41. The van der Waals surface area contributed by atoms with Gasteiger partial charge in [0.1, 0.15) is 5.75 Å². The van der Waals surface area contributed by atoms with Crippen molar-refractivity contribution in [3.05, 3.63) is 36.0 Å². The molecule has 7 heteroatoms. The summed E-state index contributed by atoms with van der Waals surface area (Å²) in [6.07, 6.45) is 2.24. The van der Waals surface area contributed by atoms with Crippen LogP contribution >= 0.6 is 0 Å². The standard InChI is InChI=1S/C15H18N4O3/c1-9(16)14(20)17-11-4-6-12(7-5-11)21-8-13-18-15(22-19-13)10-2-3-10/h4-7,9-10H,2-3,8,16H2,1H3,(H,17,20)/t9-/m0/s1. The Balaban J connectivity index is 1.52. The molecule has 1 aliphatic carbocycles. The topological polar surface area (TPSA) is 103 Å². The molecule has 7 nitrogen and oxygen atoms in total. The predicted molar refractivity (Wildman–Crippen MR) is 79.3 cm³/mol. The minimum Gasteiger partial charge on any atom is -0.485 e. The molecule has 1 aromatic carbocycles. The van der Waals surface area contributed by atoms with E-state index >= 15 is 0 Å². The van der Waals surface area contributed by atoms with Crippen molar-refractivity contribution < 1.29 is 14.1 Å². The van der Waals surface area contributed by atoms with E-state index in [1.807, 2.05) is 0 Å². The summed E-state index contributed by atoms with van der Waals surface area (Å²) in [5, 5.41) is 6.59. The third kappa shape index (κ3) is 3.62. The van der Waals surface area contributed by atoms with Crippen molar-refractivity contribution in [2.75, 3.05) is 5.32 Å². The van der Waals surface area contributed by atoms with E-state index in [0.29, 0.717) is 29.1 Å². The van der Waals surface area contributed by atoms with Crippen LogP contribution in [0.25, 0.3) is 0 Å². The first-order valence-electron chi connectivity index (χ1n) is 7.23. The molecule has 1 atom stereocenters. The van der Waals surface area contributed by atoms with Crippen molar-refractivity contribution in [3.63, 3.8) is 0 Å². The average Bonchev–Trinajstić information content (AvgIpc) is 3.25. The molecule has 0 spiro atoms. The molecule has 3 rings (SSSR count). The van der Waals surface area contributed by atoms with E-state index in [2.05, 4.69) is 15.5 Å². The summed E-state index contributed by atoms with van der Waals surface area (Å²) >= 11 is 0. The smallest absolute Gasteiger partial charge is 0.240 e. The Morgan fingerprint density at radius 1 is 1.45 bits per heavy atom. The highest BCUT2D eigenvalue weighted by Crippen LogP contribution is 2.38. The lowest BCUT2D eigenvalue weighted by Gasteiger charge is -2.08. The minimum atomic E-state index is -0.546. The number of carbonyl (C=O) groups excluding carboxylic acids is 1. The van der Waals surface area contributed by atoms with Crippen LogP contribution in [0, 0.1) is 0 Å². The van der Waals surface area contributed by atoms with Crippen molar-refractivity contribution in [1.82, 2.24) is 10.1 Å². The maximum absolute atomic E-state index is 11.5. The fourth-order valence-electron chi connectivity index (χ4n) is 1.86. The Labute approximate surface area is 127 Å². The van der Waals surface area contributed by atoms with E-state index in [0.717, 1.165) is 12.8 Å². The van der Waals surface area contributed by atoms with Gasteiger partial charge in [-0.2, -0.15) is 4.98 Å². The van der Waals surface area contributed by atoms with Crippen LogP contribution in [0.4, 0.5) is 5.69 Å². The normalized spacial score (nSPS) is 15.4. The van der Waals surface area contributed by atoms with Crippen molar-refractivity contribution >= 4 is 11.6 Å². The number of anilines is 1. The molecule has 0 aliphatic heterocycles. The number of nitrogens with two attached hydrogens (primary N) is 1. The molecule has 0 bridgehead atoms. The van der Waals surface area contributed by atoms with Crippen LogP contribution in [0.1, 0.15) is 37.4 Å². The van der Waals surface area contributed by atoms with E-state index in [1.54, 1.807) is 31.2 Å². The van der Waals surface area contributed by atoms with Gasteiger partial charge in [-0.3, -0.25) is 4.79 Å². The van der Waals surface area contributed by atoms with Gasteiger partial charge in [0, 0.05) is 11.6 Å². The zero-order valence-electron chi connectivity index (χ0n) is 12.3. The van der Waals surface area contributed by atoms with Crippen molar-refractivity contribution in [3.8, 4) is 5.75 Å². The van der Waals surface area contributed by atoms with Crippen LogP contribution < -0.4 is 15.8 Å². The molecular weight excluding hydrogens is 284 g/mol. The van der Waals surface area contributed by atoms with Gasteiger partial charge < -0.3 is 20.3 Å². The molecule has 1 saturated carbocycles. The second-order valence-corrected chi connectivity index (χ2v) is 5.41. The Morgan fingerprint density at radius 3 is 2.82 bits per heavy atom. The highest BCUT2D eigenvalue weighted by atomic mass is 16.5. The van der Waals surface area contributed by atoms with Crippen LogP contribution in [0.5, 0.6) is 5.75 Å². The van der Waals surface area contributed by atoms with Gasteiger partial charge in [0.05, 0.1) is 6.04 Å². The maximum Gasteiger partial charge on any atom is 0.240 e. The number of amides is 1. The highest BCUT2D eigenvalue weighted by molar-refractivity contribution is 5.94. The number of nitrogens with one attached hydrogen (secondary N) is 1. The summed E-state index contributed by atoms with van der Waals surface area (Å²) in [6, 6.07) is 6.48. The van der Waals surface area contributed by atoms with Gasteiger partial charge in [-0.15, -0.1) is 0 Å². The fourth-order valence-corrected chi connectivity index (χ4v) is 1.86. The zero-order valence-corrected chi connectivity index (χ0v) is 12.3. The van der Waals surface area contributed by atoms with Crippen LogP contribution in [-0.2, 0) is 11.4 Å². The van der Waals surface area contributed by atoms with Gasteiger partial charge >= 0.3 is 0 Å². The lowest BCUT2D eigenvalue weighted by atomic mass is 10.2. The summed E-state index contributed by atoms with van der Waals surface area (Å²) < 4.78 is 10.8. The Bertz CT molecular complexity index is 647. The minimum absolute atomic E-state index is 0.229. The molecule has 1 aromatic heterocycles. The lowest BCUT2D eigenvalue weighted by molar-refractivity contribution is -0.117. The molecule has 0 unspecified atom stereocenters. The molecule has 0 radical (unpaired) electrons. The van der Waals surface area contributed by atoms with E-state index in [1.165, 1.54) is 0 Å². The summed E-state index contributed by atoms with van der Waals surface area (Å²) in [4.78, 5) is 15.8. The molecule has 1 fully saturated rings. The molecule has 1 heterocycles. The molecule has 116 valence electrons. The molecule has 2 aromatic rings. The van der Waals surface area contributed by atoms with Gasteiger partial charge in [0.25, 0.3) is 0 Å². The van der Waals surface area contributed by atoms with Crippen molar-refractivity contribution in [2.45, 2.75) is 38.3 Å². The first-order valence-corrected chi connectivity index (χ1v) is 7.23. The van der Waals surface area contributed by atoms with E-state index in [4.69, 9.17) is 15.0 Å². The quantitative estimate of drug-likeness (QED) is 0.843. The van der Waals surface area contributed by atoms with Gasteiger partial charge in [-0.1, -0.05) is 5.16 Å². The Hall–Kier alpha value is -2.41. The number of aromatic nitrogens is 2. The molecular formula is C15H18N4O3. The maximum atomic E-state index is 11.5. The molecule has 1 aliphatic rings. The van der Waals surface area contributed by atoms with E-state index in [9.17, 15) is 4.79 Å². The van der Waals surface area contributed by atoms with Crippen molar-refractivity contribution in [2.24, 2.45) is 5.73 Å². The third-order valence-electron chi connectivity index (χ3n) is 3.31. The number of benzene rings is 1. The van der Waals surface area contributed by atoms with Crippen LogP contribution in [0.3, 0.4) is 0 Å².